The maximum Gasteiger partial charge on any atom is 0.433 e. The van der Waals surface area contributed by atoms with E-state index in [2.05, 4.69) is 20.6 Å². The Bertz CT molecular complexity index is 388. The van der Waals surface area contributed by atoms with Crippen LogP contribution in [-0.2, 0) is 6.18 Å². The van der Waals surface area contributed by atoms with Crippen molar-refractivity contribution in [1.82, 2.24) is 15.3 Å². The third-order valence-electron chi connectivity index (χ3n) is 2.99. The quantitative estimate of drug-likeness (QED) is 0.871. The summed E-state index contributed by atoms with van der Waals surface area (Å²) in [6.07, 6.45) is -1.42. The number of hydrogen-bond acceptors (Lipinski definition) is 4. The predicted molar refractivity (Wildman–Crippen MR) is 61.1 cm³/mol. The molecule has 1 aromatic rings. The van der Waals surface area contributed by atoms with E-state index in [1.54, 1.807) is 0 Å². The summed E-state index contributed by atoms with van der Waals surface area (Å²) in [5.41, 5.74) is -0.912. The standard InChI is InChI=1S/C11H15F3N4/c12-11(13,14)9-5-10(18-7-17-9)16-6-8-1-3-15-4-2-8/h5,7-8,15H,1-4,6H2,(H,16,17,18). The van der Waals surface area contributed by atoms with Crippen LogP contribution in [0, 0.1) is 5.92 Å². The summed E-state index contributed by atoms with van der Waals surface area (Å²) < 4.78 is 37.3. The third-order valence-corrected chi connectivity index (χ3v) is 2.99. The minimum Gasteiger partial charge on any atom is -0.370 e. The van der Waals surface area contributed by atoms with Crippen molar-refractivity contribution in [2.24, 2.45) is 5.92 Å². The summed E-state index contributed by atoms with van der Waals surface area (Å²) in [5, 5.41) is 6.19. The summed E-state index contributed by atoms with van der Waals surface area (Å²) in [6.45, 7) is 2.57. The lowest BCUT2D eigenvalue weighted by Crippen LogP contribution is -2.31. The normalized spacial score (nSPS) is 17.7. The lowest BCUT2D eigenvalue weighted by molar-refractivity contribution is -0.141. The smallest absolute Gasteiger partial charge is 0.370 e. The van der Waals surface area contributed by atoms with Crippen LogP contribution in [0.4, 0.5) is 19.0 Å². The minimum atomic E-state index is -4.42. The molecular formula is C11H15F3N4. The number of nitrogens with one attached hydrogen (secondary N) is 2. The first-order valence-electron chi connectivity index (χ1n) is 5.89. The van der Waals surface area contributed by atoms with E-state index in [1.165, 1.54) is 0 Å². The van der Waals surface area contributed by atoms with E-state index in [0.29, 0.717) is 12.5 Å². The number of anilines is 1. The average molecular weight is 260 g/mol. The highest BCUT2D eigenvalue weighted by Crippen LogP contribution is 2.28. The molecule has 18 heavy (non-hydrogen) atoms. The molecule has 4 nitrogen and oxygen atoms in total. The fraction of sp³-hybridized carbons (Fsp3) is 0.636. The number of alkyl halides is 3. The molecule has 1 aliphatic rings. The average Bonchev–Trinajstić information content (AvgIpc) is 2.37. The first-order chi connectivity index (χ1) is 8.55. The molecular weight excluding hydrogens is 245 g/mol. The number of hydrogen-bond donors (Lipinski definition) is 2. The summed E-state index contributed by atoms with van der Waals surface area (Å²) >= 11 is 0. The van der Waals surface area contributed by atoms with E-state index < -0.39 is 11.9 Å². The van der Waals surface area contributed by atoms with E-state index in [9.17, 15) is 13.2 Å². The lowest BCUT2D eigenvalue weighted by Gasteiger charge is -2.23. The number of piperidine rings is 1. The molecule has 1 fully saturated rings. The van der Waals surface area contributed by atoms with Crippen molar-refractivity contribution in [2.45, 2.75) is 19.0 Å². The van der Waals surface area contributed by atoms with E-state index in [0.717, 1.165) is 38.3 Å². The Morgan fingerprint density at radius 3 is 2.67 bits per heavy atom. The van der Waals surface area contributed by atoms with Crippen molar-refractivity contribution in [1.29, 1.82) is 0 Å². The molecule has 2 rings (SSSR count). The van der Waals surface area contributed by atoms with Gasteiger partial charge in [-0.3, -0.25) is 0 Å². The molecule has 2 N–H and O–H groups in total. The van der Waals surface area contributed by atoms with Crippen LogP contribution in [0.3, 0.4) is 0 Å². The van der Waals surface area contributed by atoms with Gasteiger partial charge in [-0.05, 0) is 31.8 Å². The van der Waals surface area contributed by atoms with E-state index >= 15 is 0 Å². The van der Waals surface area contributed by atoms with E-state index in [1.807, 2.05) is 0 Å². The van der Waals surface area contributed by atoms with Gasteiger partial charge in [0, 0.05) is 12.6 Å². The Labute approximate surface area is 103 Å². The van der Waals surface area contributed by atoms with Crippen molar-refractivity contribution in [3.8, 4) is 0 Å². The second kappa shape index (κ2) is 5.51. The summed E-state index contributed by atoms with van der Waals surface area (Å²) in [5.74, 6) is 0.714. The zero-order valence-corrected chi connectivity index (χ0v) is 9.80. The summed E-state index contributed by atoms with van der Waals surface area (Å²) in [6, 6.07) is 0.946. The lowest BCUT2D eigenvalue weighted by atomic mass is 9.98. The molecule has 0 atom stereocenters. The van der Waals surface area contributed by atoms with Gasteiger partial charge in [-0.2, -0.15) is 13.2 Å². The second-order valence-electron chi connectivity index (χ2n) is 4.36. The van der Waals surface area contributed by atoms with Gasteiger partial charge in [0.25, 0.3) is 0 Å². The first kappa shape index (κ1) is 13.1. The van der Waals surface area contributed by atoms with E-state index in [4.69, 9.17) is 0 Å². The zero-order valence-electron chi connectivity index (χ0n) is 9.80. The second-order valence-corrected chi connectivity index (χ2v) is 4.36. The molecule has 0 aliphatic carbocycles. The molecule has 0 radical (unpaired) electrons. The van der Waals surface area contributed by atoms with Gasteiger partial charge >= 0.3 is 6.18 Å². The highest BCUT2D eigenvalue weighted by Gasteiger charge is 2.32. The van der Waals surface area contributed by atoms with Gasteiger partial charge in [0.1, 0.15) is 17.8 Å². The van der Waals surface area contributed by atoms with Crippen LogP contribution in [0.5, 0.6) is 0 Å². The van der Waals surface area contributed by atoms with Crippen molar-refractivity contribution in [3.63, 3.8) is 0 Å². The van der Waals surface area contributed by atoms with Crippen molar-refractivity contribution < 1.29 is 13.2 Å². The monoisotopic (exact) mass is 260 g/mol. The highest BCUT2D eigenvalue weighted by atomic mass is 19.4. The van der Waals surface area contributed by atoms with Crippen LogP contribution in [0.15, 0.2) is 12.4 Å². The van der Waals surface area contributed by atoms with Gasteiger partial charge in [-0.1, -0.05) is 0 Å². The molecule has 2 heterocycles. The molecule has 7 heteroatoms. The van der Waals surface area contributed by atoms with Crippen LogP contribution in [-0.4, -0.2) is 29.6 Å². The van der Waals surface area contributed by atoms with Crippen molar-refractivity contribution in [3.05, 3.63) is 18.1 Å². The van der Waals surface area contributed by atoms with Gasteiger partial charge < -0.3 is 10.6 Å². The van der Waals surface area contributed by atoms with Gasteiger partial charge in [-0.15, -0.1) is 0 Å². The first-order valence-corrected chi connectivity index (χ1v) is 5.89. The van der Waals surface area contributed by atoms with Crippen molar-refractivity contribution in [2.75, 3.05) is 25.0 Å². The van der Waals surface area contributed by atoms with Gasteiger partial charge in [-0.25, -0.2) is 9.97 Å². The Morgan fingerprint density at radius 2 is 2.00 bits per heavy atom. The summed E-state index contributed by atoms with van der Waals surface area (Å²) in [4.78, 5) is 7.02. The fourth-order valence-corrected chi connectivity index (χ4v) is 1.94. The molecule has 0 aromatic carbocycles. The molecule has 100 valence electrons. The molecule has 1 aliphatic heterocycles. The fourth-order valence-electron chi connectivity index (χ4n) is 1.94. The van der Waals surface area contributed by atoms with Gasteiger partial charge in [0.05, 0.1) is 0 Å². The number of rotatable bonds is 3. The van der Waals surface area contributed by atoms with Gasteiger partial charge in [0.2, 0.25) is 0 Å². The predicted octanol–water partition coefficient (Wildman–Crippen LogP) is 1.91. The van der Waals surface area contributed by atoms with Crippen LogP contribution < -0.4 is 10.6 Å². The highest BCUT2D eigenvalue weighted by molar-refractivity contribution is 5.35. The topological polar surface area (TPSA) is 49.8 Å². The minimum absolute atomic E-state index is 0.232. The van der Waals surface area contributed by atoms with Crippen LogP contribution in [0.1, 0.15) is 18.5 Å². The molecule has 0 spiro atoms. The number of nitrogens with zero attached hydrogens (tertiary/aromatic N) is 2. The maximum atomic E-state index is 12.4. The summed E-state index contributed by atoms with van der Waals surface area (Å²) in [7, 11) is 0. The molecule has 1 aromatic heterocycles. The Balaban J connectivity index is 1.92. The third kappa shape index (κ3) is 3.56. The van der Waals surface area contributed by atoms with Crippen LogP contribution in [0.2, 0.25) is 0 Å². The zero-order chi connectivity index (χ0) is 13.0. The molecule has 0 amide bonds. The van der Waals surface area contributed by atoms with Crippen LogP contribution in [0.25, 0.3) is 0 Å². The van der Waals surface area contributed by atoms with Crippen molar-refractivity contribution >= 4 is 5.82 Å². The molecule has 0 bridgehead atoms. The Hall–Kier alpha value is -1.37. The van der Waals surface area contributed by atoms with Gasteiger partial charge in [0.15, 0.2) is 0 Å². The Kier molecular flexibility index (Phi) is 4.00. The Morgan fingerprint density at radius 1 is 1.28 bits per heavy atom. The molecule has 0 saturated carbocycles. The van der Waals surface area contributed by atoms with E-state index in [-0.39, 0.29) is 5.82 Å². The molecule has 1 saturated heterocycles. The number of halogens is 3. The van der Waals surface area contributed by atoms with Crippen LogP contribution >= 0.6 is 0 Å². The maximum absolute atomic E-state index is 12.4. The molecule has 0 unspecified atom stereocenters. The number of aromatic nitrogens is 2. The SMILES string of the molecule is FC(F)(F)c1cc(NCC2CCNCC2)ncn1. The largest absolute Gasteiger partial charge is 0.433 e.